The standard InChI is InChI=1S/C25H31N3O5.C16H25BO4.C15H18BrN3O3.C12H24B2O4.C10H13BrO2.C6H5BrO.C4H9ClO.C4H10O2/c1-28-23(26)27-25(33-28)16-24(10-4-12-30-17-24)32-22-9-8-19(15-21(22)25)18-6-3-7-20(14-18)31-13-5-11-29-2;1-15(2)16(3,4)21-17(20-15)13-8-6-9-14(12-13)19-11-7-10-18-5;1-19-13(17)18-15(22-19)8-14(5-2-6-20-9-14)21-12-4-3-10(16)7-11(12)15;1-9(2)10(3,4)16-13(15-9)14-17-11(5,6)12(7,8)18-14;1-12-6-3-7-13-10-5-2-4-9(11)8-10;7-5-1-3-6(8)4-2-5;2*1-6-4-2-3-5/h3,6-9,14-15H,4-5,10-13,16-17H2,1-2H3,(H2,26,27);6,8-9,12H,7,10-11H2,1-5H3;3-4,7H,2,5-6,8-9H2,1H3,(H2,17,18);1-8H3;2,4-5,8H,3,6-7H2,1H3;1-4,8H;2-4H2,1H3;5H,2-4H2,1H3. The van der Waals surface area contributed by atoms with Crippen molar-refractivity contribution in [2.45, 2.75) is 210 Å². The van der Waals surface area contributed by atoms with Crippen LogP contribution in [0.3, 0.4) is 0 Å². The highest BCUT2D eigenvalue weighted by Crippen LogP contribution is 2.54. The maximum atomic E-state index is 8.74. The van der Waals surface area contributed by atoms with Crippen LogP contribution in [0.4, 0.5) is 0 Å². The molecule has 0 radical (unpaired) electrons. The van der Waals surface area contributed by atoms with E-state index in [2.05, 4.69) is 103 Å². The number of phenols is 1. The van der Waals surface area contributed by atoms with E-state index in [1.54, 1.807) is 73.9 Å². The molecule has 702 valence electrons. The number of methoxy groups -OCH3 is 5. The molecule has 0 aromatic heterocycles. The summed E-state index contributed by atoms with van der Waals surface area (Å²) in [6.45, 7) is 32.8. The van der Waals surface area contributed by atoms with Gasteiger partial charge in [-0.2, -0.15) is 0 Å². The highest BCUT2D eigenvalue weighted by Gasteiger charge is 2.64. The summed E-state index contributed by atoms with van der Waals surface area (Å²) in [7, 11) is 10.6. The number of alkyl halides is 1. The molecule has 127 heavy (non-hydrogen) atoms. The molecule has 9 aliphatic rings. The molecular formula is C92H135B3Br3ClN6O22. The van der Waals surface area contributed by atoms with Crippen molar-refractivity contribution < 1.29 is 105 Å². The summed E-state index contributed by atoms with van der Waals surface area (Å²) >= 11 is 15.4. The van der Waals surface area contributed by atoms with Gasteiger partial charge in [0, 0.05) is 154 Å². The van der Waals surface area contributed by atoms with Crippen molar-refractivity contribution in [2.75, 3.05) is 141 Å². The molecule has 9 heterocycles. The number of guanidine groups is 2. The molecule has 6 aromatic rings. The van der Waals surface area contributed by atoms with E-state index in [0.29, 0.717) is 89.2 Å². The first-order valence-electron chi connectivity index (χ1n) is 43.2. The van der Waals surface area contributed by atoms with Gasteiger partial charge >= 0.3 is 21.1 Å². The lowest BCUT2D eigenvalue weighted by molar-refractivity contribution is -0.216. The highest BCUT2D eigenvalue weighted by molar-refractivity contribution is 9.11. The number of aliphatic hydroxyl groups is 1. The van der Waals surface area contributed by atoms with E-state index in [9.17, 15) is 0 Å². The molecule has 6 aromatic carbocycles. The lowest BCUT2D eigenvalue weighted by Gasteiger charge is -2.46. The van der Waals surface area contributed by atoms with Crippen LogP contribution in [0, 0.1) is 0 Å². The Hall–Kier alpha value is -6.06. The van der Waals surface area contributed by atoms with Crippen molar-refractivity contribution in [3.8, 4) is 45.6 Å². The number of hydrogen-bond donors (Lipinski definition) is 4. The third-order valence-corrected chi connectivity index (χ3v) is 24.9. The highest BCUT2D eigenvalue weighted by atomic mass is 79.9. The average molecular weight is 1980 g/mol. The largest absolute Gasteiger partial charge is 0.508 e. The van der Waals surface area contributed by atoms with E-state index in [0.717, 1.165) is 154 Å². The molecule has 35 heteroatoms. The molecule has 0 saturated carbocycles. The molecule has 0 amide bonds. The third-order valence-electron chi connectivity index (χ3n) is 23.1. The molecule has 28 nitrogen and oxygen atoms in total. The van der Waals surface area contributed by atoms with Gasteiger partial charge in [-0.25, -0.2) is 29.8 Å². The average Bonchev–Trinajstić information content (AvgIpc) is 1.71. The fraction of sp³-hybridized carbons (Fsp3) is 0.587. The summed E-state index contributed by atoms with van der Waals surface area (Å²) in [4.78, 5) is 21.8. The van der Waals surface area contributed by atoms with E-state index in [1.807, 2.05) is 146 Å². The second-order valence-electron chi connectivity index (χ2n) is 34.8. The van der Waals surface area contributed by atoms with E-state index >= 15 is 0 Å². The number of hydrogen-bond acceptors (Lipinski definition) is 28. The van der Waals surface area contributed by atoms with Gasteiger partial charge in [0.1, 0.15) is 45.7 Å². The van der Waals surface area contributed by atoms with Crippen molar-refractivity contribution in [2.24, 2.45) is 21.5 Å². The van der Waals surface area contributed by atoms with Gasteiger partial charge in [-0.1, -0.05) is 84.2 Å². The number of rotatable bonds is 24. The molecule has 5 saturated heterocycles. The van der Waals surface area contributed by atoms with Crippen molar-refractivity contribution in [3.05, 3.63) is 158 Å². The Morgan fingerprint density at radius 2 is 0.827 bits per heavy atom. The number of aliphatic hydroxyl groups excluding tert-OH is 1. The summed E-state index contributed by atoms with van der Waals surface area (Å²) in [5.74, 6) is 5.82. The minimum atomic E-state index is -0.933. The zero-order valence-electron chi connectivity index (χ0n) is 77.6. The summed E-state index contributed by atoms with van der Waals surface area (Å²) < 4.78 is 105. The molecule has 15 rings (SSSR count). The third kappa shape index (κ3) is 30.2. The molecule has 9 aliphatic heterocycles. The lowest BCUT2D eigenvalue weighted by Crippen LogP contribution is -2.53. The first-order valence-corrected chi connectivity index (χ1v) is 46.2. The van der Waals surface area contributed by atoms with Gasteiger partial charge in [0.15, 0.2) is 0 Å². The molecular weight excluding hydrogens is 1850 g/mol. The van der Waals surface area contributed by atoms with E-state index < -0.39 is 36.7 Å². The fourth-order valence-corrected chi connectivity index (χ4v) is 15.4. The van der Waals surface area contributed by atoms with Crippen LogP contribution in [-0.4, -0.2) is 240 Å². The van der Waals surface area contributed by atoms with Crippen LogP contribution in [0.1, 0.15) is 165 Å². The van der Waals surface area contributed by atoms with Crippen molar-refractivity contribution in [1.29, 1.82) is 0 Å². The summed E-state index contributed by atoms with van der Waals surface area (Å²) in [6, 6.07) is 42.7. The van der Waals surface area contributed by atoms with Gasteiger partial charge in [-0.15, -0.1) is 11.6 Å². The summed E-state index contributed by atoms with van der Waals surface area (Å²) in [6.07, 6.45) is 9.20. The Kier molecular flexibility index (Phi) is 41.1. The zero-order valence-corrected chi connectivity index (χ0v) is 83.1. The Labute approximate surface area is 783 Å². The summed E-state index contributed by atoms with van der Waals surface area (Å²) in [5.41, 5.74) is 12.2. The first kappa shape index (κ1) is 106. The van der Waals surface area contributed by atoms with Gasteiger partial charge in [-0.05, 0) is 235 Å². The first-order chi connectivity index (χ1) is 60.2. The number of benzene rings is 6. The molecule has 5 fully saturated rings. The number of aromatic hydroxyl groups is 1. The molecule has 4 unspecified atom stereocenters. The summed E-state index contributed by atoms with van der Waals surface area (Å²) in [5, 5.41) is 19.9. The Balaban J connectivity index is 0.000000190. The van der Waals surface area contributed by atoms with Crippen LogP contribution in [0.15, 0.2) is 157 Å². The Morgan fingerprint density at radius 3 is 1.22 bits per heavy atom. The van der Waals surface area contributed by atoms with E-state index in [1.165, 1.54) is 10.1 Å². The van der Waals surface area contributed by atoms with Crippen molar-refractivity contribution in [1.82, 2.24) is 10.1 Å². The number of hydroxylamine groups is 4. The van der Waals surface area contributed by atoms with Crippen LogP contribution >= 0.6 is 59.4 Å². The second-order valence-corrected chi connectivity index (χ2v) is 38.0. The lowest BCUT2D eigenvalue weighted by atomic mass is 9.49. The molecule has 4 spiro atoms. The number of phenolic OH excluding ortho intramolecular Hbond substituents is 1. The van der Waals surface area contributed by atoms with Gasteiger partial charge in [0.2, 0.25) is 23.4 Å². The predicted octanol–water partition coefficient (Wildman–Crippen LogP) is 16.5. The monoisotopic (exact) mass is 1980 g/mol. The van der Waals surface area contributed by atoms with Crippen LogP contribution in [0.2, 0.25) is 0 Å². The van der Waals surface area contributed by atoms with Crippen LogP contribution < -0.4 is 40.6 Å². The number of aliphatic imine (C=N–C) groups is 2. The van der Waals surface area contributed by atoms with Gasteiger partial charge in [-0.3, -0.25) is 0 Å². The molecule has 0 bridgehead atoms. The maximum Gasteiger partial charge on any atom is 0.494 e. The second kappa shape index (κ2) is 49.1. The smallest absolute Gasteiger partial charge is 0.494 e. The SMILES string of the molecule is CC1(C)OB(B2OC(C)(C)C(C)(C)O2)OC1(C)C.CN1OC2(CC3(CCCOC3)Oc3ccc(Br)cc32)N=C1N.COCCCCl.COCCCO.COCCCOc1cccc(-c2ccc3c(c2)C2(CC4(CCCOC4)O3)N=C(N)N(C)O2)c1.COCCCOc1cccc(B2OC(C)(C)C(C)(C)O2)c1.COCCCOc1cccc(Br)c1.Oc1ccc(Br)cc1. The number of nitrogens with two attached hydrogens (primary N) is 2. The minimum Gasteiger partial charge on any atom is -0.508 e. The van der Waals surface area contributed by atoms with Crippen molar-refractivity contribution in [3.63, 3.8) is 0 Å². The van der Waals surface area contributed by atoms with Crippen LogP contribution in [-0.2, 0) is 82.2 Å². The molecule has 0 aliphatic carbocycles. The van der Waals surface area contributed by atoms with E-state index in [4.69, 9.17) is 128 Å². The molecule has 4 atom stereocenters. The number of halogens is 4. The Bertz CT molecular complexity index is 4280. The minimum absolute atomic E-state index is 0.230. The molecule has 6 N–H and O–H groups in total. The number of nitrogens with zero attached hydrogens (tertiary/aromatic N) is 4. The quantitative estimate of drug-likeness (QED) is 0.0248. The van der Waals surface area contributed by atoms with Crippen LogP contribution in [0.5, 0.6) is 34.5 Å². The zero-order chi connectivity index (χ0) is 92.9. The topological polar surface area (TPSA) is 308 Å². The van der Waals surface area contributed by atoms with E-state index in [-0.39, 0.29) is 47.3 Å². The van der Waals surface area contributed by atoms with Gasteiger partial charge in [0.05, 0.1) is 77.8 Å². The maximum absolute atomic E-state index is 8.74. The Morgan fingerprint density at radius 1 is 0.441 bits per heavy atom. The van der Waals surface area contributed by atoms with Crippen LogP contribution in [0.25, 0.3) is 11.1 Å². The van der Waals surface area contributed by atoms with Gasteiger partial charge < -0.3 is 106 Å². The van der Waals surface area contributed by atoms with Crippen molar-refractivity contribution >= 4 is 97.9 Å². The predicted molar refractivity (Wildman–Crippen MR) is 507 cm³/mol. The number of ether oxygens (including phenoxy) is 12. The van der Waals surface area contributed by atoms with Gasteiger partial charge in [0.25, 0.3) is 0 Å². The number of fused-ring (bicyclic) bond motifs is 4. The normalized spacial score (nSPS) is 22.9. The fourth-order valence-electron chi connectivity index (χ4n) is 14.2.